The molecule has 0 saturated carbocycles. The molecule has 1 aromatic heterocycles. The molecule has 0 aromatic carbocycles. The molecule has 19 heavy (non-hydrogen) atoms. The third kappa shape index (κ3) is 2.80. The van der Waals surface area contributed by atoms with Gasteiger partial charge in [-0.25, -0.2) is 0 Å². The van der Waals surface area contributed by atoms with Crippen LogP contribution in [-0.2, 0) is 16.1 Å². The number of furan rings is 1. The summed E-state index contributed by atoms with van der Waals surface area (Å²) in [5.74, 6) is 0.789. The predicted molar refractivity (Wildman–Crippen MR) is 70.2 cm³/mol. The van der Waals surface area contributed by atoms with Crippen LogP contribution in [0.2, 0.25) is 0 Å². The van der Waals surface area contributed by atoms with Crippen LogP contribution in [0.3, 0.4) is 0 Å². The molecule has 0 N–H and O–H groups in total. The van der Waals surface area contributed by atoms with Crippen LogP contribution >= 0.6 is 0 Å². The van der Waals surface area contributed by atoms with Crippen LogP contribution in [0, 0.1) is 0 Å². The maximum absolute atomic E-state index is 12.4. The Morgan fingerprint density at radius 3 is 2.79 bits per heavy atom. The summed E-state index contributed by atoms with van der Waals surface area (Å²) in [6, 6.07) is 3.28. The average Bonchev–Trinajstić information content (AvgIpc) is 3.03. The molecule has 104 valence electrons. The molecule has 5 nitrogen and oxygen atoms in total. The molecule has 2 rings (SSSR count). The van der Waals surface area contributed by atoms with E-state index in [0.717, 1.165) is 0 Å². The zero-order chi connectivity index (χ0) is 13.8. The Balaban J connectivity index is 2.10. The number of hydrogen-bond acceptors (Lipinski definition) is 3. The largest absolute Gasteiger partial charge is 0.467 e. The highest BCUT2D eigenvalue weighted by atomic mass is 16.3. The lowest BCUT2D eigenvalue weighted by molar-refractivity contribution is -0.141. The minimum atomic E-state index is -0.336. The number of likely N-dealkylation sites (tertiary alicyclic amines) is 1. The van der Waals surface area contributed by atoms with Crippen LogP contribution in [0.4, 0.5) is 0 Å². The molecule has 1 unspecified atom stereocenters. The van der Waals surface area contributed by atoms with E-state index in [1.165, 1.54) is 0 Å². The smallest absolute Gasteiger partial charge is 0.245 e. The molecule has 1 aliphatic rings. The van der Waals surface area contributed by atoms with Crippen molar-refractivity contribution in [3.05, 3.63) is 24.2 Å². The van der Waals surface area contributed by atoms with Gasteiger partial charge in [0, 0.05) is 19.5 Å². The highest BCUT2D eigenvalue weighted by molar-refractivity contribution is 5.90. The van der Waals surface area contributed by atoms with Gasteiger partial charge in [-0.05, 0) is 32.4 Å². The molecule has 2 heterocycles. The average molecular weight is 264 g/mol. The first-order chi connectivity index (χ1) is 9.17. The van der Waals surface area contributed by atoms with E-state index in [1.54, 1.807) is 22.1 Å². The Morgan fingerprint density at radius 2 is 2.21 bits per heavy atom. The summed E-state index contributed by atoms with van der Waals surface area (Å²) in [6.07, 6.45) is 2.63. The molecular weight excluding hydrogens is 244 g/mol. The zero-order valence-electron chi connectivity index (χ0n) is 11.5. The molecule has 2 amide bonds. The van der Waals surface area contributed by atoms with Gasteiger partial charge >= 0.3 is 0 Å². The van der Waals surface area contributed by atoms with Crippen molar-refractivity contribution in [3.63, 3.8) is 0 Å². The molecule has 0 radical (unpaired) electrons. The van der Waals surface area contributed by atoms with Gasteiger partial charge in [0.15, 0.2) is 0 Å². The number of hydrogen-bond donors (Lipinski definition) is 0. The lowest BCUT2D eigenvalue weighted by Crippen LogP contribution is -2.46. The number of rotatable bonds is 5. The van der Waals surface area contributed by atoms with Crippen molar-refractivity contribution in [2.75, 3.05) is 13.1 Å². The van der Waals surface area contributed by atoms with E-state index in [9.17, 15) is 9.59 Å². The van der Waals surface area contributed by atoms with Gasteiger partial charge in [-0.2, -0.15) is 0 Å². The van der Waals surface area contributed by atoms with Gasteiger partial charge in [0.25, 0.3) is 0 Å². The van der Waals surface area contributed by atoms with Crippen LogP contribution in [0.25, 0.3) is 0 Å². The lowest BCUT2D eigenvalue weighted by Gasteiger charge is -2.28. The molecular formula is C14H20N2O3. The minimum absolute atomic E-state index is 0.0295. The quantitative estimate of drug-likeness (QED) is 0.812. The number of likely N-dealkylation sites (N-methyl/N-ethyl adjacent to an activating group) is 1. The van der Waals surface area contributed by atoms with E-state index in [0.29, 0.717) is 38.2 Å². The molecule has 5 heteroatoms. The Morgan fingerprint density at radius 1 is 1.47 bits per heavy atom. The maximum Gasteiger partial charge on any atom is 0.245 e. The first kappa shape index (κ1) is 13.6. The molecule has 1 aromatic rings. The normalized spacial score (nSPS) is 18.9. The summed E-state index contributed by atoms with van der Waals surface area (Å²) >= 11 is 0. The summed E-state index contributed by atoms with van der Waals surface area (Å²) in [7, 11) is 0. The van der Waals surface area contributed by atoms with Crippen molar-refractivity contribution in [1.82, 2.24) is 9.80 Å². The van der Waals surface area contributed by atoms with E-state index in [2.05, 4.69) is 0 Å². The van der Waals surface area contributed by atoms with Crippen molar-refractivity contribution in [2.45, 2.75) is 39.3 Å². The van der Waals surface area contributed by atoms with Crippen LogP contribution in [0.15, 0.2) is 22.8 Å². The highest BCUT2D eigenvalue weighted by Crippen LogP contribution is 2.23. The van der Waals surface area contributed by atoms with E-state index in [4.69, 9.17) is 4.42 Å². The van der Waals surface area contributed by atoms with E-state index >= 15 is 0 Å². The standard InChI is InChI=1S/C14H20N2O3/c1-3-15(4-2)14(18)12-7-8-13(17)16(12)10-11-6-5-9-19-11/h5-6,9,12H,3-4,7-8,10H2,1-2H3. The summed E-state index contributed by atoms with van der Waals surface area (Å²) in [4.78, 5) is 27.7. The first-order valence-electron chi connectivity index (χ1n) is 6.78. The summed E-state index contributed by atoms with van der Waals surface area (Å²) in [5.41, 5.74) is 0. The fraction of sp³-hybridized carbons (Fsp3) is 0.571. The number of carbonyl (C=O) groups excluding carboxylic acids is 2. The topological polar surface area (TPSA) is 53.8 Å². The lowest BCUT2D eigenvalue weighted by atomic mass is 10.2. The van der Waals surface area contributed by atoms with Crippen LogP contribution in [0.5, 0.6) is 0 Å². The fourth-order valence-corrected chi connectivity index (χ4v) is 2.51. The molecule has 1 saturated heterocycles. The monoisotopic (exact) mass is 264 g/mol. The van der Waals surface area contributed by atoms with Crippen molar-refractivity contribution >= 4 is 11.8 Å². The number of amides is 2. The zero-order valence-corrected chi connectivity index (χ0v) is 11.5. The summed E-state index contributed by atoms with van der Waals surface area (Å²) in [5, 5.41) is 0. The van der Waals surface area contributed by atoms with Crippen LogP contribution < -0.4 is 0 Å². The second kappa shape index (κ2) is 5.91. The second-order valence-corrected chi connectivity index (χ2v) is 4.67. The molecule has 1 aliphatic heterocycles. The third-order valence-corrected chi connectivity index (χ3v) is 3.59. The Hall–Kier alpha value is -1.78. The van der Waals surface area contributed by atoms with Crippen LogP contribution in [0.1, 0.15) is 32.4 Å². The van der Waals surface area contributed by atoms with Crippen molar-refractivity contribution in [3.8, 4) is 0 Å². The number of nitrogens with zero attached hydrogens (tertiary/aromatic N) is 2. The van der Waals surface area contributed by atoms with Gasteiger partial charge in [0.1, 0.15) is 11.8 Å². The van der Waals surface area contributed by atoms with Gasteiger partial charge in [0.2, 0.25) is 11.8 Å². The van der Waals surface area contributed by atoms with Crippen molar-refractivity contribution in [1.29, 1.82) is 0 Å². The molecule has 1 fully saturated rings. The fourth-order valence-electron chi connectivity index (χ4n) is 2.51. The predicted octanol–water partition coefficient (Wildman–Crippen LogP) is 1.64. The Kier molecular flexibility index (Phi) is 4.24. The first-order valence-corrected chi connectivity index (χ1v) is 6.78. The van der Waals surface area contributed by atoms with E-state index in [-0.39, 0.29) is 17.9 Å². The molecule has 1 atom stereocenters. The van der Waals surface area contributed by atoms with Gasteiger partial charge in [-0.3, -0.25) is 9.59 Å². The molecule has 0 bridgehead atoms. The SMILES string of the molecule is CCN(CC)C(=O)C1CCC(=O)N1Cc1ccco1. The van der Waals surface area contributed by atoms with Gasteiger partial charge in [-0.1, -0.05) is 0 Å². The molecule has 0 spiro atoms. The van der Waals surface area contributed by atoms with Crippen molar-refractivity contribution in [2.24, 2.45) is 0 Å². The third-order valence-electron chi connectivity index (χ3n) is 3.59. The maximum atomic E-state index is 12.4. The van der Waals surface area contributed by atoms with Gasteiger partial charge in [-0.15, -0.1) is 0 Å². The Bertz CT molecular complexity index is 438. The number of carbonyl (C=O) groups is 2. The Labute approximate surface area is 113 Å². The van der Waals surface area contributed by atoms with E-state index < -0.39 is 0 Å². The molecule has 0 aliphatic carbocycles. The summed E-state index contributed by atoms with van der Waals surface area (Å²) in [6.45, 7) is 5.64. The van der Waals surface area contributed by atoms with Crippen LogP contribution in [-0.4, -0.2) is 40.7 Å². The summed E-state index contributed by atoms with van der Waals surface area (Å²) < 4.78 is 5.27. The minimum Gasteiger partial charge on any atom is -0.467 e. The van der Waals surface area contributed by atoms with Gasteiger partial charge < -0.3 is 14.2 Å². The highest BCUT2D eigenvalue weighted by Gasteiger charge is 2.37. The van der Waals surface area contributed by atoms with Crippen molar-refractivity contribution < 1.29 is 14.0 Å². The van der Waals surface area contributed by atoms with Gasteiger partial charge in [0.05, 0.1) is 12.8 Å². The second-order valence-electron chi connectivity index (χ2n) is 4.67. The van der Waals surface area contributed by atoms with E-state index in [1.807, 2.05) is 19.9 Å².